The number of aliphatic hydroxyl groups is 1. The quantitative estimate of drug-likeness (QED) is 0.481. The molecule has 4 aliphatic rings. The van der Waals surface area contributed by atoms with Crippen LogP contribution < -0.4 is 4.90 Å². The van der Waals surface area contributed by atoms with Crippen LogP contribution in [-0.2, 0) is 14.4 Å². The number of hydrogen-bond donors (Lipinski definition) is 1. The number of amides is 3. The van der Waals surface area contributed by atoms with E-state index in [4.69, 9.17) is 11.6 Å². The molecular formula is C26H30ClN3O4S. The number of likely N-dealkylation sites (N-methyl/N-ethyl adjacent to an activating group) is 1. The van der Waals surface area contributed by atoms with E-state index < -0.39 is 22.6 Å². The van der Waals surface area contributed by atoms with Gasteiger partial charge in [0.2, 0.25) is 11.8 Å². The molecule has 3 amide bonds. The topological polar surface area (TPSA) is 81.2 Å². The Kier molecular flexibility index (Phi) is 6.48. The summed E-state index contributed by atoms with van der Waals surface area (Å²) >= 11 is 8.14. The highest BCUT2D eigenvalue weighted by molar-refractivity contribution is 8.02. The van der Waals surface area contributed by atoms with E-state index in [2.05, 4.69) is 0 Å². The third-order valence-corrected chi connectivity index (χ3v) is 9.67. The standard InChI is InChI=1S/C26H30ClN3O4S/c1-16-8-5-9-17(27)21(16)29-14-7-11-26-20(19-18(35-26)10-6-12-28(2)23(19)32)24(33)30(13-3-4-15-31)22(26)25(29)34/h5-11,18-20,22,31H,3-4,12-15H2,1-2H3/t18-,19+,20-,22?,26-/m0/s1. The molecule has 4 heterocycles. The highest BCUT2D eigenvalue weighted by atomic mass is 35.5. The monoisotopic (exact) mass is 515 g/mol. The maximum atomic E-state index is 14.3. The first-order valence-corrected chi connectivity index (χ1v) is 13.3. The number of carbonyl (C=O) groups is 3. The molecule has 0 bridgehead atoms. The van der Waals surface area contributed by atoms with Crippen molar-refractivity contribution < 1.29 is 19.5 Å². The third-order valence-electron chi connectivity index (χ3n) is 7.63. The average molecular weight is 516 g/mol. The highest BCUT2D eigenvalue weighted by Crippen LogP contribution is 2.61. The predicted octanol–water partition coefficient (Wildman–Crippen LogP) is 2.65. The van der Waals surface area contributed by atoms with Crippen molar-refractivity contribution in [3.05, 3.63) is 53.1 Å². The molecule has 2 fully saturated rings. The summed E-state index contributed by atoms with van der Waals surface area (Å²) in [6.07, 6.45) is 9.09. The van der Waals surface area contributed by atoms with E-state index in [9.17, 15) is 19.5 Å². The van der Waals surface area contributed by atoms with E-state index in [1.165, 1.54) is 0 Å². The van der Waals surface area contributed by atoms with Crippen molar-refractivity contribution in [2.24, 2.45) is 11.8 Å². The Labute approximate surface area is 214 Å². The van der Waals surface area contributed by atoms with Crippen LogP contribution in [0.25, 0.3) is 0 Å². The Morgan fingerprint density at radius 3 is 2.66 bits per heavy atom. The Bertz CT molecular complexity index is 1100. The van der Waals surface area contributed by atoms with E-state index in [-0.39, 0.29) is 29.6 Å². The number of thioether (sulfide) groups is 1. The van der Waals surface area contributed by atoms with Gasteiger partial charge in [0.25, 0.3) is 5.91 Å². The van der Waals surface area contributed by atoms with Crippen LogP contribution in [0.1, 0.15) is 18.4 Å². The van der Waals surface area contributed by atoms with E-state index in [0.717, 1.165) is 5.56 Å². The lowest BCUT2D eigenvalue weighted by Crippen LogP contribution is -2.53. The van der Waals surface area contributed by atoms with Gasteiger partial charge in [-0.3, -0.25) is 14.4 Å². The van der Waals surface area contributed by atoms with Crippen molar-refractivity contribution >= 4 is 46.8 Å². The van der Waals surface area contributed by atoms with Gasteiger partial charge in [-0.05, 0) is 31.4 Å². The number of para-hydroxylation sites is 1. The van der Waals surface area contributed by atoms with Crippen LogP contribution in [-0.4, -0.2) is 82.0 Å². The molecule has 9 heteroatoms. The zero-order valence-corrected chi connectivity index (χ0v) is 21.5. The van der Waals surface area contributed by atoms with Gasteiger partial charge in [0.1, 0.15) is 6.04 Å². The normalized spacial score (nSPS) is 32.0. The molecule has 1 spiro atoms. The lowest BCUT2D eigenvalue weighted by Gasteiger charge is -2.35. The van der Waals surface area contributed by atoms with Crippen molar-refractivity contribution in [2.75, 3.05) is 38.2 Å². The van der Waals surface area contributed by atoms with Crippen molar-refractivity contribution in [1.82, 2.24) is 9.80 Å². The summed E-state index contributed by atoms with van der Waals surface area (Å²) in [6, 6.07) is 4.79. The fraction of sp³-hybridized carbons (Fsp3) is 0.500. The van der Waals surface area contributed by atoms with Crippen LogP contribution in [0, 0.1) is 18.8 Å². The average Bonchev–Trinajstić information content (AvgIpc) is 3.14. The molecule has 1 aromatic carbocycles. The predicted molar refractivity (Wildman–Crippen MR) is 137 cm³/mol. The maximum absolute atomic E-state index is 14.3. The summed E-state index contributed by atoms with van der Waals surface area (Å²) < 4.78 is -0.842. The molecule has 1 N–H and O–H groups in total. The van der Waals surface area contributed by atoms with Gasteiger partial charge in [-0.15, -0.1) is 11.8 Å². The van der Waals surface area contributed by atoms with E-state index in [1.807, 2.05) is 43.4 Å². The van der Waals surface area contributed by atoms with Crippen molar-refractivity contribution in [1.29, 1.82) is 0 Å². The summed E-state index contributed by atoms with van der Waals surface area (Å²) in [7, 11) is 1.76. The summed E-state index contributed by atoms with van der Waals surface area (Å²) in [5, 5.41) is 9.64. The van der Waals surface area contributed by atoms with E-state index in [0.29, 0.717) is 43.2 Å². The van der Waals surface area contributed by atoms with E-state index in [1.54, 1.807) is 39.6 Å². The number of likely N-dealkylation sites (tertiary alicyclic amines) is 1. The summed E-state index contributed by atoms with van der Waals surface area (Å²) in [4.78, 5) is 46.8. The highest BCUT2D eigenvalue weighted by Gasteiger charge is 2.70. The lowest BCUT2D eigenvalue weighted by atomic mass is 9.78. The maximum Gasteiger partial charge on any atom is 0.251 e. The molecular weight excluding hydrogens is 486 g/mol. The van der Waals surface area contributed by atoms with Gasteiger partial charge in [0, 0.05) is 38.5 Å². The molecule has 2 saturated heterocycles. The summed E-state index contributed by atoms with van der Waals surface area (Å²) in [5.41, 5.74) is 1.53. The van der Waals surface area contributed by atoms with Crippen molar-refractivity contribution in [2.45, 2.75) is 35.8 Å². The smallest absolute Gasteiger partial charge is 0.251 e. The fourth-order valence-electron chi connectivity index (χ4n) is 6.06. The number of aryl methyl sites for hydroxylation is 1. The minimum Gasteiger partial charge on any atom is -0.396 e. The molecule has 7 nitrogen and oxygen atoms in total. The summed E-state index contributed by atoms with van der Waals surface area (Å²) in [5.74, 6) is -1.53. The number of unbranched alkanes of at least 4 members (excludes halogenated alkanes) is 1. The second kappa shape index (κ2) is 9.30. The molecule has 0 aliphatic carbocycles. The molecule has 0 radical (unpaired) electrons. The first-order valence-electron chi connectivity index (χ1n) is 12.1. The summed E-state index contributed by atoms with van der Waals surface area (Å²) in [6.45, 7) is 3.15. The number of carbonyl (C=O) groups excluding carboxylic acids is 3. The molecule has 1 aromatic rings. The molecule has 5 rings (SSSR count). The van der Waals surface area contributed by atoms with Gasteiger partial charge < -0.3 is 19.8 Å². The zero-order valence-electron chi connectivity index (χ0n) is 19.9. The first-order chi connectivity index (χ1) is 16.8. The number of benzene rings is 1. The van der Waals surface area contributed by atoms with Gasteiger partial charge in [-0.2, -0.15) is 0 Å². The van der Waals surface area contributed by atoms with Crippen LogP contribution in [0.3, 0.4) is 0 Å². The Morgan fingerprint density at radius 2 is 1.91 bits per heavy atom. The number of halogens is 1. The van der Waals surface area contributed by atoms with Gasteiger partial charge in [-0.1, -0.05) is 48.0 Å². The Morgan fingerprint density at radius 1 is 1.11 bits per heavy atom. The van der Waals surface area contributed by atoms with Crippen LogP contribution in [0.2, 0.25) is 5.02 Å². The number of anilines is 1. The van der Waals surface area contributed by atoms with Crippen LogP contribution in [0.15, 0.2) is 42.5 Å². The number of nitrogens with zero attached hydrogens (tertiary/aromatic N) is 3. The Balaban J connectivity index is 1.62. The fourth-order valence-corrected chi connectivity index (χ4v) is 8.39. The first kappa shape index (κ1) is 24.4. The molecule has 0 aromatic heterocycles. The van der Waals surface area contributed by atoms with Crippen LogP contribution in [0.5, 0.6) is 0 Å². The second-order valence-electron chi connectivity index (χ2n) is 9.71. The largest absolute Gasteiger partial charge is 0.396 e. The molecule has 5 atom stereocenters. The van der Waals surface area contributed by atoms with E-state index >= 15 is 0 Å². The molecule has 0 saturated carbocycles. The third kappa shape index (κ3) is 3.72. The van der Waals surface area contributed by atoms with Crippen LogP contribution >= 0.6 is 23.4 Å². The zero-order chi connectivity index (χ0) is 24.9. The minimum absolute atomic E-state index is 0.0214. The lowest BCUT2D eigenvalue weighted by molar-refractivity contribution is -0.142. The van der Waals surface area contributed by atoms with Gasteiger partial charge in [0.15, 0.2) is 0 Å². The Hall–Kier alpha value is -2.29. The number of fused-ring (bicyclic) bond motifs is 2. The molecule has 35 heavy (non-hydrogen) atoms. The number of aliphatic hydroxyl groups excluding tert-OH is 1. The minimum atomic E-state index is -0.842. The number of rotatable bonds is 5. The molecule has 4 aliphatic heterocycles. The SMILES string of the molecule is Cc1cccc(Cl)c1N1CC=C[C@]23S[C@H]4C=CCN(C)C(=O)[C@H]4[C@H]2C(=O)N(CCCCO)C3C1=O. The molecule has 186 valence electrons. The number of hydrogen-bond acceptors (Lipinski definition) is 5. The second-order valence-corrected chi connectivity index (χ2v) is 11.6. The van der Waals surface area contributed by atoms with Crippen LogP contribution in [0.4, 0.5) is 5.69 Å². The van der Waals surface area contributed by atoms with Gasteiger partial charge in [-0.25, -0.2) is 0 Å². The van der Waals surface area contributed by atoms with Crippen molar-refractivity contribution in [3.8, 4) is 0 Å². The molecule has 1 unspecified atom stereocenters. The van der Waals surface area contributed by atoms with Gasteiger partial charge >= 0.3 is 0 Å². The van der Waals surface area contributed by atoms with Gasteiger partial charge in [0.05, 0.1) is 27.3 Å². The van der Waals surface area contributed by atoms with Crippen molar-refractivity contribution in [3.63, 3.8) is 0 Å².